The lowest BCUT2D eigenvalue weighted by molar-refractivity contribution is 0.0320. The van der Waals surface area contributed by atoms with Gasteiger partial charge in [0.1, 0.15) is 0 Å². The largest absolute Gasteiger partial charge is 0.385 e. The fraction of sp³-hybridized carbons (Fsp3) is 0.222. The number of aliphatic hydroxyl groups is 1. The van der Waals surface area contributed by atoms with Crippen LogP contribution in [0.1, 0.15) is 42.0 Å². The molecule has 2 aromatic carbocycles. The molecular formula is C18H18O. The summed E-state index contributed by atoms with van der Waals surface area (Å²) >= 11 is 0. The summed E-state index contributed by atoms with van der Waals surface area (Å²) in [5.41, 5.74) is 3.60. The van der Waals surface area contributed by atoms with Crippen molar-refractivity contribution in [3.8, 4) is 0 Å². The molecule has 1 aliphatic carbocycles. The van der Waals surface area contributed by atoms with Gasteiger partial charge in [0.2, 0.25) is 0 Å². The van der Waals surface area contributed by atoms with Crippen molar-refractivity contribution in [1.82, 2.24) is 0 Å². The minimum absolute atomic E-state index is 0.0507. The molecule has 0 aliphatic heterocycles. The lowest BCUT2D eigenvalue weighted by atomic mass is 9.75. The maximum Gasteiger partial charge on any atom is 0.0940 e. The van der Waals surface area contributed by atoms with E-state index in [1.165, 1.54) is 11.1 Å². The van der Waals surface area contributed by atoms with Crippen molar-refractivity contribution in [1.29, 1.82) is 0 Å². The topological polar surface area (TPSA) is 20.2 Å². The van der Waals surface area contributed by atoms with Gasteiger partial charge in [0.15, 0.2) is 0 Å². The van der Waals surface area contributed by atoms with Crippen LogP contribution in [0.25, 0.3) is 12.2 Å². The van der Waals surface area contributed by atoms with E-state index in [0.29, 0.717) is 0 Å². The van der Waals surface area contributed by atoms with Gasteiger partial charge in [-0.25, -0.2) is 0 Å². The molecule has 0 saturated carbocycles. The maximum absolute atomic E-state index is 11.0. The molecule has 0 aromatic heterocycles. The zero-order valence-corrected chi connectivity index (χ0v) is 11.3. The summed E-state index contributed by atoms with van der Waals surface area (Å²) in [6, 6.07) is 16.4. The molecule has 1 heteroatoms. The average Bonchev–Trinajstić information content (AvgIpc) is 2.44. The molecule has 2 aromatic rings. The van der Waals surface area contributed by atoms with Crippen molar-refractivity contribution < 1.29 is 5.11 Å². The van der Waals surface area contributed by atoms with Crippen molar-refractivity contribution in [2.75, 3.05) is 0 Å². The summed E-state index contributed by atoms with van der Waals surface area (Å²) in [4.78, 5) is 0. The van der Waals surface area contributed by atoms with Gasteiger partial charge in [0.25, 0.3) is 0 Å². The summed E-state index contributed by atoms with van der Waals surface area (Å²) in [7, 11) is 0. The van der Waals surface area contributed by atoms with E-state index in [2.05, 4.69) is 37.3 Å². The summed E-state index contributed by atoms with van der Waals surface area (Å²) in [6.07, 6.45) is 4.23. The molecule has 0 radical (unpaired) electrons. The summed E-state index contributed by atoms with van der Waals surface area (Å²) in [5.74, 6) is 0.0507. The molecule has 19 heavy (non-hydrogen) atoms. The van der Waals surface area contributed by atoms with E-state index < -0.39 is 5.60 Å². The predicted molar refractivity (Wildman–Crippen MR) is 79.8 cm³/mol. The third-order valence-electron chi connectivity index (χ3n) is 4.25. The Kier molecular flexibility index (Phi) is 2.79. The molecule has 0 amide bonds. The number of rotatable bonds is 0. The van der Waals surface area contributed by atoms with E-state index in [4.69, 9.17) is 0 Å². The normalized spacial score (nSPS) is 25.1. The Balaban J connectivity index is 2.29. The predicted octanol–water partition coefficient (Wildman–Crippen LogP) is 4.18. The van der Waals surface area contributed by atoms with E-state index in [9.17, 15) is 5.11 Å². The minimum atomic E-state index is -0.864. The summed E-state index contributed by atoms with van der Waals surface area (Å²) < 4.78 is 0. The number of hydrogen-bond acceptors (Lipinski definition) is 1. The molecule has 0 saturated heterocycles. The van der Waals surface area contributed by atoms with E-state index >= 15 is 0 Å². The fourth-order valence-corrected chi connectivity index (χ4v) is 2.88. The molecule has 0 fully saturated rings. The summed E-state index contributed by atoms with van der Waals surface area (Å²) in [6.45, 7) is 4.00. The second-order valence-corrected chi connectivity index (χ2v) is 5.42. The third kappa shape index (κ3) is 1.91. The van der Waals surface area contributed by atoms with E-state index in [0.717, 1.165) is 11.1 Å². The van der Waals surface area contributed by atoms with Gasteiger partial charge in [-0.05, 0) is 29.2 Å². The maximum atomic E-state index is 11.0. The zero-order valence-electron chi connectivity index (χ0n) is 11.3. The molecule has 2 unspecified atom stereocenters. The van der Waals surface area contributed by atoms with Gasteiger partial charge in [-0.3, -0.25) is 0 Å². The molecule has 1 N–H and O–H groups in total. The number of hydrogen-bond donors (Lipinski definition) is 1. The lowest BCUT2D eigenvalue weighted by Crippen LogP contribution is -2.30. The van der Waals surface area contributed by atoms with Crippen molar-refractivity contribution in [3.63, 3.8) is 0 Å². The monoisotopic (exact) mass is 250 g/mol. The average molecular weight is 250 g/mol. The lowest BCUT2D eigenvalue weighted by Gasteiger charge is -2.34. The van der Waals surface area contributed by atoms with Crippen LogP contribution in [-0.2, 0) is 5.60 Å². The Morgan fingerprint density at radius 2 is 1.47 bits per heavy atom. The third-order valence-corrected chi connectivity index (χ3v) is 4.25. The Hall–Kier alpha value is -1.86. The molecule has 1 aliphatic rings. The van der Waals surface area contributed by atoms with Gasteiger partial charge in [-0.15, -0.1) is 0 Å². The van der Waals surface area contributed by atoms with Crippen LogP contribution in [0.2, 0.25) is 0 Å². The molecule has 2 atom stereocenters. The number of benzene rings is 2. The van der Waals surface area contributed by atoms with Crippen molar-refractivity contribution in [2.24, 2.45) is 0 Å². The van der Waals surface area contributed by atoms with Crippen LogP contribution < -0.4 is 0 Å². The second-order valence-electron chi connectivity index (χ2n) is 5.42. The molecule has 96 valence electrons. The first-order valence-electron chi connectivity index (χ1n) is 6.69. The molecule has 3 rings (SSSR count). The van der Waals surface area contributed by atoms with Crippen LogP contribution in [0, 0.1) is 0 Å². The number of fused-ring (bicyclic) bond motifs is 2. The van der Waals surface area contributed by atoms with Gasteiger partial charge in [0.05, 0.1) is 5.60 Å². The van der Waals surface area contributed by atoms with Gasteiger partial charge in [-0.1, -0.05) is 67.6 Å². The van der Waals surface area contributed by atoms with Crippen LogP contribution in [0.3, 0.4) is 0 Å². The first kappa shape index (κ1) is 12.2. The highest BCUT2D eigenvalue weighted by molar-refractivity contribution is 5.74. The highest BCUT2D eigenvalue weighted by Crippen LogP contribution is 2.41. The van der Waals surface area contributed by atoms with Crippen LogP contribution in [-0.4, -0.2) is 5.11 Å². The molecule has 0 spiro atoms. The molecule has 0 heterocycles. The van der Waals surface area contributed by atoms with Crippen molar-refractivity contribution in [3.05, 3.63) is 70.8 Å². The quantitative estimate of drug-likeness (QED) is 0.743. The van der Waals surface area contributed by atoms with E-state index in [1.807, 2.05) is 37.3 Å². The molecular weight excluding hydrogens is 232 g/mol. The first-order valence-corrected chi connectivity index (χ1v) is 6.69. The van der Waals surface area contributed by atoms with Crippen molar-refractivity contribution >= 4 is 12.2 Å². The Morgan fingerprint density at radius 1 is 0.895 bits per heavy atom. The minimum Gasteiger partial charge on any atom is -0.385 e. The Labute approximate surface area is 114 Å². The zero-order chi connectivity index (χ0) is 13.5. The molecule has 1 nitrogen and oxygen atoms in total. The highest BCUT2D eigenvalue weighted by atomic mass is 16.3. The standard InChI is InChI=1S/C18H18O/c1-13-16-9-5-3-7-14(16)11-12-15-8-4-6-10-17(15)18(13,2)19/h3-13,19H,1-2H3. The van der Waals surface area contributed by atoms with Crippen LogP contribution in [0.15, 0.2) is 48.5 Å². The van der Waals surface area contributed by atoms with Gasteiger partial charge < -0.3 is 5.11 Å². The van der Waals surface area contributed by atoms with Crippen LogP contribution >= 0.6 is 0 Å². The summed E-state index contributed by atoms with van der Waals surface area (Å²) in [5, 5.41) is 11.0. The first-order chi connectivity index (χ1) is 9.10. The van der Waals surface area contributed by atoms with Crippen LogP contribution in [0.4, 0.5) is 0 Å². The van der Waals surface area contributed by atoms with Gasteiger partial charge >= 0.3 is 0 Å². The Morgan fingerprint density at radius 3 is 2.26 bits per heavy atom. The van der Waals surface area contributed by atoms with Gasteiger partial charge in [-0.2, -0.15) is 0 Å². The van der Waals surface area contributed by atoms with Crippen LogP contribution in [0.5, 0.6) is 0 Å². The van der Waals surface area contributed by atoms with Gasteiger partial charge in [0, 0.05) is 5.92 Å². The van der Waals surface area contributed by atoms with E-state index in [-0.39, 0.29) is 5.92 Å². The highest BCUT2D eigenvalue weighted by Gasteiger charge is 2.34. The smallest absolute Gasteiger partial charge is 0.0940 e. The fourth-order valence-electron chi connectivity index (χ4n) is 2.88. The van der Waals surface area contributed by atoms with E-state index in [1.54, 1.807) is 0 Å². The second kappa shape index (κ2) is 4.36. The van der Waals surface area contributed by atoms with Crippen molar-refractivity contribution in [2.45, 2.75) is 25.4 Å². The Bertz CT molecular complexity index is 638. The molecule has 0 bridgehead atoms. The SMILES string of the molecule is CC1c2ccccc2C=Cc2ccccc2C1(C)O.